The molecule has 23 heavy (non-hydrogen) atoms. The second kappa shape index (κ2) is 5.45. The Morgan fingerprint density at radius 1 is 1.13 bits per heavy atom. The van der Waals surface area contributed by atoms with Crippen molar-refractivity contribution >= 4 is 17.1 Å². The summed E-state index contributed by atoms with van der Waals surface area (Å²) < 4.78 is 7.77. The Morgan fingerprint density at radius 3 is 2.30 bits per heavy atom. The molecule has 0 saturated heterocycles. The first kappa shape index (κ1) is 16.6. The van der Waals surface area contributed by atoms with E-state index >= 15 is 0 Å². The van der Waals surface area contributed by atoms with Gasteiger partial charge < -0.3 is 4.74 Å². The molecule has 0 aliphatic rings. The van der Waals surface area contributed by atoms with Crippen LogP contribution in [0.3, 0.4) is 0 Å². The number of hydrogen-bond acceptors (Lipinski definition) is 7. The Bertz CT molecular complexity index is 960. The lowest BCUT2D eigenvalue weighted by atomic mass is 10.2. The molecule has 0 saturated carbocycles. The molecule has 0 aromatic carbocycles. The normalized spacial score (nSPS) is 11.7. The van der Waals surface area contributed by atoms with Crippen LogP contribution in [0.2, 0.25) is 0 Å². The summed E-state index contributed by atoms with van der Waals surface area (Å²) in [7, 11) is 2.67. The van der Waals surface area contributed by atoms with Crippen molar-refractivity contribution < 1.29 is 9.53 Å². The molecule has 10 heteroatoms. The molecule has 2 heterocycles. The van der Waals surface area contributed by atoms with E-state index in [0.29, 0.717) is 0 Å². The fourth-order valence-corrected chi connectivity index (χ4v) is 1.94. The topological polar surface area (TPSA) is 118 Å². The molecular formula is C13H17N5O5. The van der Waals surface area contributed by atoms with Crippen LogP contribution < -0.4 is 16.9 Å². The number of ether oxygens (including phenoxy) is 1. The largest absolute Gasteiger partial charge is 0.459 e. The number of fused-ring (bicyclic) bond motifs is 1. The zero-order chi connectivity index (χ0) is 17.5. The fourth-order valence-electron chi connectivity index (χ4n) is 1.94. The van der Waals surface area contributed by atoms with Crippen LogP contribution in [-0.2, 0) is 30.2 Å². The van der Waals surface area contributed by atoms with Gasteiger partial charge in [-0.25, -0.2) is 9.59 Å². The molecule has 0 bridgehead atoms. The average Bonchev–Trinajstić information content (AvgIpc) is 2.42. The maximum absolute atomic E-state index is 12.0. The van der Waals surface area contributed by atoms with E-state index < -0.39 is 35.1 Å². The molecule has 0 N–H and O–H groups in total. The molecule has 124 valence electrons. The average molecular weight is 323 g/mol. The second-order valence-electron chi connectivity index (χ2n) is 6.02. The Kier molecular flexibility index (Phi) is 3.93. The van der Waals surface area contributed by atoms with E-state index in [1.54, 1.807) is 20.8 Å². The molecular weight excluding hydrogens is 306 g/mol. The molecule has 0 amide bonds. The standard InChI is InChI=1S/C13H17N5O5/c1-13(2,3)23-7(19)6-18-11(21)14-8-9(15-18)16(4)12(22)17(5)10(8)20/h6H2,1-5H3. The smallest absolute Gasteiger partial charge is 0.365 e. The maximum atomic E-state index is 12.0. The Hall–Kier alpha value is -2.78. The van der Waals surface area contributed by atoms with Crippen LogP contribution in [0.4, 0.5) is 0 Å². The van der Waals surface area contributed by atoms with Crippen molar-refractivity contribution in [3.63, 3.8) is 0 Å². The molecule has 0 aliphatic carbocycles. The highest BCUT2D eigenvalue weighted by Crippen LogP contribution is 2.07. The summed E-state index contributed by atoms with van der Waals surface area (Å²) >= 11 is 0. The number of esters is 1. The Balaban J connectivity index is 2.59. The first-order chi connectivity index (χ1) is 10.5. The van der Waals surface area contributed by atoms with Crippen molar-refractivity contribution in [3.05, 3.63) is 31.3 Å². The Morgan fingerprint density at radius 2 is 1.74 bits per heavy atom. The van der Waals surface area contributed by atoms with Crippen LogP contribution in [0.1, 0.15) is 20.8 Å². The molecule has 0 radical (unpaired) electrons. The van der Waals surface area contributed by atoms with Gasteiger partial charge in [0.25, 0.3) is 5.56 Å². The minimum atomic E-state index is -0.876. The molecule has 0 atom stereocenters. The molecule has 0 aliphatic heterocycles. The van der Waals surface area contributed by atoms with Gasteiger partial charge in [0.1, 0.15) is 12.1 Å². The van der Waals surface area contributed by atoms with Gasteiger partial charge in [0.15, 0.2) is 11.2 Å². The molecule has 0 unspecified atom stereocenters. The highest BCUT2D eigenvalue weighted by atomic mass is 16.6. The van der Waals surface area contributed by atoms with E-state index in [4.69, 9.17) is 4.74 Å². The number of aromatic nitrogens is 5. The van der Waals surface area contributed by atoms with Crippen LogP contribution in [0.25, 0.3) is 11.2 Å². The SMILES string of the molecule is Cn1c(=O)c2nc(=O)n(CC(=O)OC(C)(C)C)nc2n(C)c1=O. The zero-order valence-corrected chi connectivity index (χ0v) is 13.5. The first-order valence-corrected chi connectivity index (χ1v) is 6.78. The van der Waals surface area contributed by atoms with Crippen LogP contribution in [0.5, 0.6) is 0 Å². The lowest BCUT2D eigenvalue weighted by molar-refractivity contribution is -0.155. The number of carbonyl (C=O) groups excluding carboxylic acids is 1. The van der Waals surface area contributed by atoms with Crippen LogP contribution in [0.15, 0.2) is 14.4 Å². The van der Waals surface area contributed by atoms with E-state index in [2.05, 4.69) is 10.1 Å². The van der Waals surface area contributed by atoms with Gasteiger partial charge in [-0.2, -0.15) is 9.67 Å². The van der Waals surface area contributed by atoms with Crippen LogP contribution in [0, 0.1) is 0 Å². The summed E-state index contributed by atoms with van der Waals surface area (Å²) in [4.78, 5) is 51.2. The summed E-state index contributed by atoms with van der Waals surface area (Å²) in [5, 5.41) is 3.90. The highest BCUT2D eigenvalue weighted by Gasteiger charge is 2.19. The number of rotatable bonds is 2. The summed E-state index contributed by atoms with van der Waals surface area (Å²) in [6.45, 7) is 4.59. The van der Waals surface area contributed by atoms with Gasteiger partial charge in [-0.15, -0.1) is 5.10 Å². The minimum Gasteiger partial charge on any atom is -0.459 e. The van der Waals surface area contributed by atoms with Gasteiger partial charge in [-0.1, -0.05) is 0 Å². The van der Waals surface area contributed by atoms with E-state index in [-0.39, 0.29) is 11.2 Å². The van der Waals surface area contributed by atoms with Crippen LogP contribution in [-0.4, -0.2) is 35.5 Å². The van der Waals surface area contributed by atoms with Gasteiger partial charge in [0.2, 0.25) is 0 Å². The van der Waals surface area contributed by atoms with Crippen molar-refractivity contribution in [2.45, 2.75) is 32.9 Å². The third-order valence-electron chi connectivity index (χ3n) is 2.95. The molecule has 2 aromatic rings. The zero-order valence-electron chi connectivity index (χ0n) is 13.5. The fraction of sp³-hybridized carbons (Fsp3) is 0.538. The van der Waals surface area contributed by atoms with Gasteiger partial charge in [0, 0.05) is 14.1 Å². The number of aryl methyl sites for hydroxylation is 1. The number of carbonyl (C=O) groups is 1. The third kappa shape index (κ3) is 3.20. The molecule has 10 nitrogen and oxygen atoms in total. The third-order valence-corrected chi connectivity index (χ3v) is 2.95. The summed E-state index contributed by atoms with van der Waals surface area (Å²) in [6, 6.07) is 0. The molecule has 0 spiro atoms. The van der Waals surface area contributed by atoms with Gasteiger partial charge in [-0.05, 0) is 20.8 Å². The lowest BCUT2D eigenvalue weighted by Gasteiger charge is -2.19. The number of nitrogens with zero attached hydrogens (tertiary/aromatic N) is 5. The van der Waals surface area contributed by atoms with E-state index in [9.17, 15) is 19.2 Å². The van der Waals surface area contributed by atoms with Crippen molar-refractivity contribution in [1.82, 2.24) is 23.9 Å². The highest BCUT2D eigenvalue weighted by molar-refractivity contribution is 5.70. The van der Waals surface area contributed by atoms with Gasteiger partial charge >= 0.3 is 17.3 Å². The van der Waals surface area contributed by atoms with Crippen molar-refractivity contribution in [2.75, 3.05) is 0 Å². The van der Waals surface area contributed by atoms with Crippen LogP contribution >= 0.6 is 0 Å². The van der Waals surface area contributed by atoms with E-state index in [1.807, 2.05) is 0 Å². The molecule has 2 rings (SSSR count). The lowest BCUT2D eigenvalue weighted by Crippen LogP contribution is -2.41. The summed E-state index contributed by atoms with van der Waals surface area (Å²) in [6.07, 6.45) is 0. The number of hydrogen-bond donors (Lipinski definition) is 0. The Labute approximate surface area is 129 Å². The quantitative estimate of drug-likeness (QED) is 0.619. The minimum absolute atomic E-state index is 0.0822. The summed E-state index contributed by atoms with van der Waals surface area (Å²) in [5.41, 5.74) is -3.25. The van der Waals surface area contributed by atoms with Crippen molar-refractivity contribution in [3.8, 4) is 0 Å². The van der Waals surface area contributed by atoms with Crippen molar-refractivity contribution in [2.24, 2.45) is 14.1 Å². The molecule has 0 fully saturated rings. The van der Waals surface area contributed by atoms with Crippen molar-refractivity contribution in [1.29, 1.82) is 0 Å². The van der Waals surface area contributed by atoms with Gasteiger partial charge in [0.05, 0.1) is 0 Å². The predicted octanol–water partition coefficient (Wildman–Crippen LogP) is -1.47. The molecule has 2 aromatic heterocycles. The van der Waals surface area contributed by atoms with Gasteiger partial charge in [-0.3, -0.25) is 18.7 Å². The predicted molar refractivity (Wildman–Crippen MR) is 80.1 cm³/mol. The first-order valence-electron chi connectivity index (χ1n) is 6.78. The second-order valence-corrected chi connectivity index (χ2v) is 6.02. The maximum Gasteiger partial charge on any atom is 0.365 e. The monoisotopic (exact) mass is 323 g/mol. The summed E-state index contributed by atoms with van der Waals surface area (Å²) in [5.74, 6) is -0.679. The van der Waals surface area contributed by atoms with E-state index in [0.717, 1.165) is 13.8 Å². The van der Waals surface area contributed by atoms with E-state index in [1.165, 1.54) is 14.1 Å².